The Bertz CT molecular complexity index is 690. The minimum atomic E-state index is -0.592. The van der Waals surface area contributed by atoms with E-state index in [2.05, 4.69) is 15.3 Å². The van der Waals surface area contributed by atoms with Gasteiger partial charge in [-0.3, -0.25) is 14.9 Å². The highest BCUT2D eigenvalue weighted by Crippen LogP contribution is 2.27. The molecule has 0 aliphatic heterocycles. The summed E-state index contributed by atoms with van der Waals surface area (Å²) < 4.78 is 4.90. The van der Waals surface area contributed by atoms with Crippen LogP contribution < -0.4 is 10.1 Å². The number of halogens is 1. The molecule has 0 unspecified atom stereocenters. The average molecular weight is 309 g/mol. The monoisotopic (exact) mass is 308 g/mol. The molecule has 108 valence electrons. The minimum absolute atomic E-state index is 0.00478. The Labute approximate surface area is 123 Å². The zero-order valence-corrected chi connectivity index (χ0v) is 11.5. The van der Waals surface area contributed by atoms with Crippen LogP contribution in [0.3, 0.4) is 0 Å². The van der Waals surface area contributed by atoms with Crippen molar-refractivity contribution in [1.29, 1.82) is 0 Å². The van der Waals surface area contributed by atoms with Crippen molar-refractivity contribution in [3.05, 3.63) is 51.4 Å². The number of benzene rings is 1. The van der Waals surface area contributed by atoms with Crippen molar-refractivity contribution in [2.45, 2.75) is 0 Å². The summed E-state index contributed by atoms with van der Waals surface area (Å²) in [6.45, 7) is 0. The van der Waals surface area contributed by atoms with Crippen molar-refractivity contribution in [2.75, 3.05) is 12.4 Å². The van der Waals surface area contributed by atoms with Crippen molar-refractivity contribution < 1.29 is 14.5 Å². The average Bonchev–Trinajstić information content (AvgIpc) is 2.48. The van der Waals surface area contributed by atoms with Gasteiger partial charge in [0.25, 0.3) is 5.91 Å². The highest BCUT2D eigenvalue weighted by molar-refractivity contribution is 6.29. The summed E-state index contributed by atoms with van der Waals surface area (Å²) in [5.41, 5.74) is -0.0328. The van der Waals surface area contributed by atoms with E-state index >= 15 is 0 Å². The number of nitro groups is 1. The first-order valence-electron chi connectivity index (χ1n) is 5.62. The van der Waals surface area contributed by atoms with Gasteiger partial charge in [0.1, 0.15) is 5.15 Å². The van der Waals surface area contributed by atoms with E-state index in [0.29, 0.717) is 0 Å². The second-order valence-corrected chi connectivity index (χ2v) is 4.21. The maximum absolute atomic E-state index is 12.0. The number of carbonyl (C=O) groups is 1. The molecule has 0 bridgehead atoms. The van der Waals surface area contributed by atoms with Gasteiger partial charge >= 0.3 is 5.69 Å². The Morgan fingerprint density at radius 1 is 1.38 bits per heavy atom. The number of hydrogen-bond acceptors (Lipinski definition) is 6. The third-order valence-electron chi connectivity index (χ3n) is 2.50. The van der Waals surface area contributed by atoms with Gasteiger partial charge in [-0.15, -0.1) is 0 Å². The van der Waals surface area contributed by atoms with Gasteiger partial charge in [0.2, 0.25) is 0 Å². The lowest BCUT2D eigenvalue weighted by Crippen LogP contribution is -2.13. The summed E-state index contributed by atoms with van der Waals surface area (Å²) in [6, 6.07) is 3.79. The van der Waals surface area contributed by atoms with Crippen molar-refractivity contribution >= 4 is 29.0 Å². The zero-order chi connectivity index (χ0) is 15.4. The minimum Gasteiger partial charge on any atom is -0.490 e. The maximum Gasteiger partial charge on any atom is 0.310 e. The lowest BCUT2D eigenvalue weighted by atomic mass is 10.2. The van der Waals surface area contributed by atoms with Crippen LogP contribution in [0, 0.1) is 10.1 Å². The van der Waals surface area contributed by atoms with Gasteiger partial charge in [0.05, 0.1) is 24.4 Å². The number of amides is 1. The van der Waals surface area contributed by atoms with Crippen LogP contribution in [-0.2, 0) is 0 Å². The number of hydrogen-bond donors (Lipinski definition) is 1. The third kappa shape index (κ3) is 3.42. The molecule has 1 heterocycles. The lowest BCUT2D eigenvalue weighted by molar-refractivity contribution is -0.385. The number of methoxy groups -OCH3 is 1. The summed E-state index contributed by atoms with van der Waals surface area (Å²) in [5.74, 6) is -0.295. The molecule has 1 aromatic carbocycles. The third-order valence-corrected chi connectivity index (χ3v) is 2.70. The molecule has 8 nitrogen and oxygen atoms in total. The number of nitrogens with zero attached hydrogens (tertiary/aromatic N) is 3. The number of rotatable bonds is 4. The molecule has 1 aromatic heterocycles. The Balaban J connectivity index is 2.23. The standard InChI is InChI=1S/C12H9ClN4O4/c1-21-9-4-7(2-3-8(9)17(19)20)12(18)16-11-6-14-10(13)5-15-11/h2-6H,1H3,(H,15,16,18). The normalized spacial score (nSPS) is 10.0. The Hall–Kier alpha value is -2.74. The largest absolute Gasteiger partial charge is 0.490 e. The van der Waals surface area contributed by atoms with Gasteiger partial charge < -0.3 is 10.1 Å². The van der Waals surface area contributed by atoms with Crippen molar-refractivity contribution in [1.82, 2.24) is 9.97 Å². The van der Waals surface area contributed by atoms with Crippen LogP contribution in [-0.4, -0.2) is 27.9 Å². The maximum atomic E-state index is 12.0. The van der Waals surface area contributed by atoms with Gasteiger partial charge in [-0.1, -0.05) is 11.6 Å². The van der Waals surface area contributed by atoms with Crippen molar-refractivity contribution in [3.63, 3.8) is 0 Å². The first-order chi connectivity index (χ1) is 10.0. The summed E-state index contributed by atoms with van der Waals surface area (Å²) in [4.78, 5) is 29.8. The molecule has 2 rings (SSSR count). The molecule has 1 amide bonds. The van der Waals surface area contributed by atoms with E-state index in [1.165, 1.54) is 37.7 Å². The molecule has 0 saturated heterocycles. The number of ether oxygens (including phenoxy) is 1. The predicted molar refractivity (Wildman–Crippen MR) is 74.6 cm³/mol. The van der Waals surface area contributed by atoms with Gasteiger partial charge in [-0.2, -0.15) is 0 Å². The van der Waals surface area contributed by atoms with E-state index in [0.717, 1.165) is 0 Å². The quantitative estimate of drug-likeness (QED) is 0.686. The van der Waals surface area contributed by atoms with Crippen LogP contribution in [0.1, 0.15) is 10.4 Å². The molecule has 0 saturated carbocycles. The number of nitrogens with one attached hydrogen (secondary N) is 1. The first-order valence-corrected chi connectivity index (χ1v) is 6.00. The fraction of sp³-hybridized carbons (Fsp3) is 0.0833. The van der Waals surface area contributed by atoms with Crippen molar-refractivity contribution in [2.24, 2.45) is 0 Å². The number of aromatic nitrogens is 2. The van der Waals surface area contributed by atoms with Crippen LogP contribution in [0.4, 0.5) is 11.5 Å². The van der Waals surface area contributed by atoms with Crippen LogP contribution in [0.25, 0.3) is 0 Å². The summed E-state index contributed by atoms with van der Waals surface area (Å²) >= 11 is 5.59. The van der Waals surface area contributed by atoms with Gasteiger partial charge in [-0.05, 0) is 6.07 Å². The summed E-state index contributed by atoms with van der Waals surface area (Å²) in [7, 11) is 1.29. The molecule has 0 radical (unpaired) electrons. The van der Waals surface area contributed by atoms with Gasteiger partial charge in [0, 0.05) is 17.7 Å². The Kier molecular flexibility index (Phi) is 4.29. The molecule has 0 spiro atoms. The molecule has 2 aromatic rings. The number of anilines is 1. The Morgan fingerprint density at radius 3 is 2.71 bits per heavy atom. The molecule has 0 fully saturated rings. The fourth-order valence-corrected chi connectivity index (χ4v) is 1.63. The SMILES string of the molecule is COc1cc(C(=O)Nc2cnc(Cl)cn2)ccc1[N+](=O)[O-]. The molecular weight excluding hydrogens is 300 g/mol. The Morgan fingerprint density at radius 2 is 2.14 bits per heavy atom. The number of carbonyl (C=O) groups excluding carboxylic acids is 1. The van der Waals surface area contributed by atoms with Crippen LogP contribution in [0.2, 0.25) is 5.15 Å². The second-order valence-electron chi connectivity index (χ2n) is 3.82. The highest BCUT2D eigenvalue weighted by Gasteiger charge is 2.17. The molecule has 21 heavy (non-hydrogen) atoms. The summed E-state index contributed by atoms with van der Waals surface area (Å²) in [6.07, 6.45) is 2.58. The lowest BCUT2D eigenvalue weighted by Gasteiger charge is -2.06. The zero-order valence-electron chi connectivity index (χ0n) is 10.7. The second kappa shape index (κ2) is 6.14. The molecule has 1 N–H and O–H groups in total. The molecular formula is C12H9ClN4O4. The van der Waals surface area contributed by atoms with Crippen molar-refractivity contribution in [3.8, 4) is 5.75 Å². The van der Waals surface area contributed by atoms with Crippen LogP contribution >= 0.6 is 11.6 Å². The topological polar surface area (TPSA) is 107 Å². The fourth-order valence-electron chi connectivity index (χ4n) is 1.54. The van der Waals surface area contributed by atoms with E-state index < -0.39 is 10.8 Å². The van der Waals surface area contributed by atoms with E-state index in [1.807, 2.05) is 0 Å². The van der Waals surface area contributed by atoms with Crippen LogP contribution in [0.5, 0.6) is 5.75 Å². The smallest absolute Gasteiger partial charge is 0.310 e. The van der Waals surface area contributed by atoms with E-state index in [9.17, 15) is 14.9 Å². The number of nitro benzene ring substituents is 1. The highest BCUT2D eigenvalue weighted by atomic mass is 35.5. The van der Waals surface area contributed by atoms with Crippen LogP contribution in [0.15, 0.2) is 30.6 Å². The molecule has 0 aliphatic carbocycles. The van der Waals surface area contributed by atoms with Gasteiger partial charge in [0.15, 0.2) is 11.6 Å². The van der Waals surface area contributed by atoms with E-state index in [1.54, 1.807) is 0 Å². The van der Waals surface area contributed by atoms with Gasteiger partial charge in [-0.25, -0.2) is 9.97 Å². The molecule has 9 heteroatoms. The molecule has 0 atom stereocenters. The summed E-state index contributed by atoms with van der Waals surface area (Å²) in [5, 5.41) is 13.5. The predicted octanol–water partition coefficient (Wildman–Crippen LogP) is 2.30. The van der Waals surface area contributed by atoms with E-state index in [4.69, 9.17) is 16.3 Å². The first kappa shape index (κ1) is 14.7. The molecule has 0 aliphatic rings. The van der Waals surface area contributed by atoms with E-state index in [-0.39, 0.29) is 28.0 Å².